The Morgan fingerprint density at radius 1 is 0.971 bits per heavy atom. The first-order chi connectivity index (χ1) is 17.0. The van der Waals surface area contributed by atoms with Crippen molar-refractivity contribution in [1.82, 2.24) is 10.2 Å². The second-order valence-electron chi connectivity index (χ2n) is 10.5. The van der Waals surface area contributed by atoms with Gasteiger partial charge in [-0.3, -0.25) is 4.79 Å². The van der Waals surface area contributed by atoms with Crippen molar-refractivity contribution in [3.8, 4) is 11.1 Å². The third-order valence-electron chi connectivity index (χ3n) is 8.60. The van der Waals surface area contributed by atoms with Crippen LogP contribution in [-0.2, 0) is 14.3 Å². The minimum atomic E-state index is -1.03. The number of carboxylic acid groups (broad SMARTS) is 1. The summed E-state index contributed by atoms with van der Waals surface area (Å²) >= 11 is 0. The molecule has 2 heterocycles. The summed E-state index contributed by atoms with van der Waals surface area (Å²) in [4.78, 5) is 39.8. The van der Waals surface area contributed by atoms with E-state index in [0.717, 1.165) is 24.0 Å². The molecule has 2 aromatic carbocycles. The topological polar surface area (TPSA) is 95.9 Å². The first-order valence-corrected chi connectivity index (χ1v) is 12.6. The van der Waals surface area contributed by atoms with E-state index in [2.05, 4.69) is 29.6 Å². The first-order valence-electron chi connectivity index (χ1n) is 12.6. The average Bonchev–Trinajstić information content (AvgIpc) is 3.51. The van der Waals surface area contributed by atoms with Gasteiger partial charge < -0.3 is 20.1 Å². The Balaban J connectivity index is 1.13. The van der Waals surface area contributed by atoms with Gasteiger partial charge in [-0.15, -0.1) is 0 Å². The molecule has 2 bridgehead atoms. The number of alkyl carbamates (subject to hydrolysis) is 1. The molecule has 3 aliphatic carbocycles. The van der Waals surface area contributed by atoms with E-state index in [9.17, 15) is 19.5 Å². The zero-order chi connectivity index (χ0) is 24.2. The highest BCUT2D eigenvalue weighted by Gasteiger charge is 2.63. The number of hydrogen-bond donors (Lipinski definition) is 2. The van der Waals surface area contributed by atoms with E-state index in [1.165, 1.54) is 11.1 Å². The number of aliphatic carboxylic acids is 1. The molecule has 0 spiro atoms. The van der Waals surface area contributed by atoms with Crippen LogP contribution in [0.1, 0.15) is 55.6 Å². The molecule has 7 rings (SSSR count). The zero-order valence-electron chi connectivity index (χ0n) is 19.6. The van der Waals surface area contributed by atoms with Crippen LogP contribution in [0, 0.1) is 11.8 Å². The predicted octanol–water partition coefficient (Wildman–Crippen LogP) is 4.16. The van der Waals surface area contributed by atoms with Crippen LogP contribution in [0.4, 0.5) is 4.79 Å². The Kier molecular flexibility index (Phi) is 5.31. The van der Waals surface area contributed by atoms with Crippen LogP contribution >= 0.6 is 0 Å². The fourth-order valence-corrected chi connectivity index (χ4v) is 6.86. The summed E-state index contributed by atoms with van der Waals surface area (Å²) in [5.41, 5.74) is 3.62. The number of fused-ring (bicyclic) bond motifs is 4. The third-order valence-corrected chi connectivity index (χ3v) is 8.60. The maximum atomic E-state index is 13.5. The van der Waals surface area contributed by atoms with E-state index in [1.54, 1.807) is 4.90 Å². The van der Waals surface area contributed by atoms with Crippen molar-refractivity contribution >= 4 is 18.0 Å². The van der Waals surface area contributed by atoms with Crippen molar-refractivity contribution in [2.24, 2.45) is 11.8 Å². The molecule has 4 fully saturated rings. The van der Waals surface area contributed by atoms with Crippen molar-refractivity contribution in [3.63, 3.8) is 0 Å². The maximum absolute atomic E-state index is 13.5. The van der Waals surface area contributed by atoms with Crippen molar-refractivity contribution in [1.29, 1.82) is 0 Å². The van der Waals surface area contributed by atoms with E-state index in [-0.39, 0.29) is 30.4 Å². The number of carbonyl (C=O) groups excluding carboxylic acids is 2. The summed E-state index contributed by atoms with van der Waals surface area (Å²) in [5, 5.41) is 12.7. The molecule has 2 N–H and O–H groups in total. The van der Waals surface area contributed by atoms with Crippen molar-refractivity contribution in [2.45, 2.75) is 56.0 Å². The summed E-state index contributed by atoms with van der Waals surface area (Å²) in [6.07, 6.45) is 3.75. The highest BCUT2D eigenvalue weighted by Crippen LogP contribution is 2.51. The van der Waals surface area contributed by atoms with E-state index in [1.807, 2.05) is 24.3 Å². The van der Waals surface area contributed by atoms with E-state index in [0.29, 0.717) is 32.2 Å². The van der Waals surface area contributed by atoms with Gasteiger partial charge in [-0.2, -0.15) is 0 Å². The van der Waals surface area contributed by atoms with Gasteiger partial charge in [0.15, 0.2) is 0 Å². The lowest BCUT2D eigenvalue weighted by molar-refractivity contribution is -0.160. The van der Waals surface area contributed by atoms with Gasteiger partial charge in [-0.05, 0) is 53.9 Å². The van der Waals surface area contributed by atoms with Crippen LogP contribution < -0.4 is 5.32 Å². The molecule has 0 aromatic heterocycles. The van der Waals surface area contributed by atoms with Crippen molar-refractivity contribution < 1.29 is 24.2 Å². The fourth-order valence-electron chi connectivity index (χ4n) is 6.86. The predicted molar refractivity (Wildman–Crippen MR) is 129 cm³/mol. The van der Waals surface area contributed by atoms with E-state index >= 15 is 0 Å². The minimum absolute atomic E-state index is 0.0243. The lowest BCUT2D eigenvalue weighted by Crippen LogP contribution is -2.58. The number of carbonyl (C=O) groups is 3. The summed E-state index contributed by atoms with van der Waals surface area (Å²) in [6, 6.07) is 16.1. The standard InChI is InChI=1S/C28H30N2O5/c31-25(30-15-17-13-28(30,14-17)26(32)33)22-11-5-6-12-24(22)29-27(34)35-16-23-20-9-3-1-7-18(20)19-8-2-4-10-21(19)23/h1-4,7-10,17,22-24H,5-6,11-16H2,(H,29,34)(H,32,33). The Morgan fingerprint density at radius 2 is 1.60 bits per heavy atom. The van der Waals surface area contributed by atoms with E-state index < -0.39 is 23.5 Å². The molecule has 2 saturated carbocycles. The number of rotatable bonds is 5. The fraction of sp³-hybridized carbons (Fsp3) is 0.464. The van der Waals surface area contributed by atoms with Gasteiger partial charge in [0, 0.05) is 18.5 Å². The molecular formula is C28H30N2O5. The molecule has 2 unspecified atom stereocenters. The Bertz CT molecular complexity index is 1140. The molecule has 2 amide bonds. The van der Waals surface area contributed by atoms with Gasteiger partial charge in [0.2, 0.25) is 5.91 Å². The SMILES string of the molecule is O=C(NC1CCCCC1C(=O)N1CC2CC1(C(=O)O)C2)OCC1c2ccccc2-c2ccccc21. The molecule has 7 heteroatoms. The molecule has 182 valence electrons. The number of nitrogens with zero attached hydrogens (tertiary/aromatic N) is 1. The van der Waals surface area contributed by atoms with E-state index in [4.69, 9.17) is 4.74 Å². The molecule has 2 atom stereocenters. The van der Waals surface area contributed by atoms with Crippen LogP contribution in [0.2, 0.25) is 0 Å². The smallest absolute Gasteiger partial charge is 0.407 e. The van der Waals surface area contributed by atoms with Gasteiger partial charge in [-0.25, -0.2) is 9.59 Å². The Labute approximate surface area is 204 Å². The molecule has 35 heavy (non-hydrogen) atoms. The normalized spacial score (nSPS) is 28.6. The highest BCUT2D eigenvalue weighted by atomic mass is 16.5. The molecule has 5 aliphatic rings. The first kappa shape index (κ1) is 22.1. The second-order valence-corrected chi connectivity index (χ2v) is 10.5. The third kappa shape index (κ3) is 3.51. The quantitative estimate of drug-likeness (QED) is 0.679. The van der Waals surface area contributed by atoms with Crippen LogP contribution in [0.5, 0.6) is 0 Å². The molecule has 7 nitrogen and oxygen atoms in total. The Morgan fingerprint density at radius 3 is 2.26 bits per heavy atom. The van der Waals surface area contributed by atoms with Gasteiger partial charge >= 0.3 is 12.1 Å². The van der Waals surface area contributed by atoms with Crippen LogP contribution in [-0.4, -0.2) is 52.7 Å². The average molecular weight is 475 g/mol. The van der Waals surface area contributed by atoms with Crippen molar-refractivity contribution in [3.05, 3.63) is 59.7 Å². The maximum Gasteiger partial charge on any atom is 0.407 e. The van der Waals surface area contributed by atoms with Gasteiger partial charge in [-0.1, -0.05) is 61.4 Å². The summed E-state index contributed by atoms with van der Waals surface area (Å²) in [5.74, 6) is -1.18. The molecule has 2 aromatic rings. The summed E-state index contributed by atoms with van der Waals surface area (Å²) in [7, 11) is 0. The number of nitrogens with one attached hydrogen (secondary N) is 1. The molecular weight excluding hydrogens is 444 g/mol. The highest BCUT2D eigenvalue weighted by molar-refractivity contribution is 5.91. The summed E-state index contributed by atoms with van der Waals surface area (Å²) < 4.78 is 5.71. The molecule has 2 aliphatic heterocycles. The lowest BCUT2D eigenvalue weighted by atomic mass is 9.73. The monoisotopic (exact) mass is 474 g/mol. The number of hydrogen-bond acceptors (Lipinski definition) is 4. The van der Waals surface area contributed by atoms with Crippen LogP contribution in [0.3, 0.4) is 0 Å². The number of ether oxygens (including phenoxy) is 1. The van der Waals surface area contributed by atoms with Gasteiger partial charge in [0.05, 0.1) is 5.92 Å². The minimum Gasteiger partial charge on any atom is -0.479 e. The van der Waals surface area contributed by atoms with Crippen molar-refractivity contribution in [2.75, 3.05) is 13.2 Å². The summed E-state index contributed by atoms with van der Waals surface area (Å²) in [6.45, 7) is 0.737. The molecule has 0 radical (unpaired) electrons. The molecule has 2 saturated heterocycles. The van der Waals surface area contributed by atoms with Crippen LogP contribution in [0.25, 0.3) is 11.1 Å². The van der Waals surface area contributed by atoms with Gasteiger partial charge in [0.1, 0.15) is 12.1 Å². The van der Waals surface area contributed by atoms with Crippen LogP contribution in [0.15, 0.2) is 48.5 Å². The zero-order valence-corrected chi connectivity index (χ0v) is 19.6. The number of benzene rings is 2. The van der Waals surface area contributed by atoms with Gasteiger partial charge in [0.25, 0.3) is 0 Å². The second kappa shape index (κ2) is 8.40. The Hall–Kier alpha value is -3.35. The largest absolute Gasteiger partial charge is 0.479 e. The number of carboxylic acids is 1. The lowest BCUT2D eigenvalue weighted by Gasteiger charge is -2.41. The number of amides is 2.